The van der Waals surface area contributed by atoms with E-state index in [0.717, 1.165) is 16.5 Å². The fraction of sp³-hybridized carbons (Fsp3) is 0.182. The van der Waals surface area contributed by atoms with Crippen LogP contribution in [0.25, 0.3) is 10.9 Å². The van der Waals surface area contributed by atoms with Crippen molar-refractivity contribution < 1.29 is 0 Å². The topological polar surface area (TPSA) is 28.7 Å². The second kappa shape index (κ2) is 3.36. The highest BCUT2D eigenvalue weighted by molar-refractivity contribution is 6.36. The summed E-state index contributed by atoms with van der Waals surface area (Å²) in [6.07, 6.45) is 2.33. The fourth-order valence-electron chi connectivity index (χ4n) is 1.58. The maximum atomic E-state index is 8.61. The predicted molar refractivity (Wildman–Crippen MR) is 57.2 cm³/mol. The molecular formula is C11H9ClN2. The summed E-state index contributed by atoms with van der Waals surface area (Å²) >= 11 is 6.17. The zero-order valence-corrected chi connectivity index (χ0v) is 8.54. The van der Waals surface area contributed by atoms with Crippen molar-refractivity contribution in [2.24, 2.45) is 7.05 Å². The Morgan fingerprint density at radius 3 is 2.93 bits per heavy atom. The number of hydrogen-bond acceptors (Lipinski definition) is 1. The van der Waals surface area contributed by atoms with Crippen LogP contribution >= 0.6 is 11.6 Å². The van der Waals surface area contributed by atoms with E-state index in [2.05, 4.69) is 6.07 Å². The largest absolute Gasteiger partial charge is 0.351 e. The molecule has 0 aliphatic carbocycles. The van der Waals surface area contributed by atoms with Crippen LogP contribution in [0.5, 0.6) is 0 Å². The van der Waals surface area contributed by atoms with Crippen LogP contribution in [0.15, 0.2) is 24.4 Å². The molecule has 1 heterocycles. The van der Waals surface area contributed by atoms with E-state index in [1.54, 1.807) is 0 Å². The normalized spacial score (nSPS) is 10.4. The molecule has 0 fully saturated rings. The fourth-order valence-corrected chi connectivity index (χ4v) is 1.87. The highest BCUT2D eigenvalue weighted by Gasteiger charge is 2.06. The van der Waals surface area contributed by atoms with Gasteiger partial charge in [-0.1, -0.05) is 17.7 Å². The number of nitriles is 1. The first-order valence-electron chi connectivity index (χ1n) is 4.33. The molecule has 0 N–H and O–H groups in total. The molecule has 0 amide bonds. The lowest BCUT2D eigenvalue weighted by molar-refractivity contribution is 0.969. The molecule has 1 aromatic carbocycles. The molecular weight excluding hydrogens is 196 g/mol. The van der Waals surface area contributed by atoms with Crippen molar-refractivity contribution in [3.05, 3.63) is 35.0 Å². The standard InChI is InChI=1S/C11H9ClN2/c1-14-7-5-9-10(14)3-2-8(4-6-13)11(9)12/h2-3,5,7H,4H2,1H3. The third kappa shape index (κ3) is 1.26. The van der Waals surface area contributed by atoms with Gasteiger partial charge in [0.1, 0.15) is 0 Å². The van der Waals surface area contributed by atoms with Gasteiger partial charge >= 0.3 is 0 Å². The van der Waals surface area contributed by atoms with E-state index in [1.807, 2.05) is 36.0 Å². The van der Waals surface area contributed by atoms with Gasteiger partial charge < -0.3 is 4.57 Å². The summed E-state index contributed by atoms with van der Waals surface area (Å²) in [5.41, 5.74) is 1.99. The van der Waals surface area contributed by atoms with Gasteiger partial charge in [-0.05, 0) is 17.7 Å². The lowest BCUT2D eigenvalue weighted by Crippen LogP contribution is -1.87. The number of hydrogen-bond donors (Lipinski definition) is 0. The Morgan fingerprint density at radius 1 is 1.43 bits per heavy atom. The van der Waals surface area contributed by atoms with Gasteiger partial charge in [-0.3, -0.25) is 0 Å². The molecule has 3 heteroatoms. The van der Waals surface area contributed by atoms with Crippen LogP contribution in [0, 0.1) is 11.3 Å². The van der Waals surface area contributed by atoms with Crippen molar-refractivity contribution >= 4 is 22.5 Å². The molecule has 0 radical (unpaired) electrons. The molecule has 0 atom stereocenters. The quantitative estimate of drug-likeness (QED) is 0.702. The first-order chi connectivity index (χ1) is 6.74. The molecule has 0 saturated carbocycles. The predicted octanol–water partition coefficient (Wildman–Crippen LogP) is 2.90. The number of rotatable bonds is 1. The second-order valence-corrected chi connectivity index (χ2v) is 3.61. The monoisotopic (exact) mass is 204 g/mol. The first-order valence-corrected chi connectivity index (χ1v) is 4.71. The number of aromatic nitrogens is 1. The maximum absolute atomic E-state index is 8.61. The van der Waals surface area contributed by atoms with Gasteiger partial charge in [-0.25, -0.2) is 0 Å². The number of halogens is 1. The minimum atomic E-state index is 0.365. The Hall–Kier alpha value is -1.46. The maximum Gasteiger partial charge on any atom is 0.0670 e. The average molecular weight is 205 g/mol. The van der Waals surface area contributed by atoms with Gasteiger partial charge in [0.2, 0.25) is 0 Å². The summed E-state index contributed by atoms with van der Waals surface area (Å²) in [7, 11) is 1.97. The van der Waals surface area contributed by atoms with Crippen LogP contribution < -0.4 is 0 Å². The van der Waals surface area contributed by atoms with Crippen molar-refractivity contribution in [1.82, 2.24) is 4.57 Å². The second-order valence-electron chi connectivity index (χ2n) is 3.23. The Bertz CT molecular complexity index is 520. The van der Waals surface area contributed by atoms with Crippen LogP contribution in [0.1, 0.15) is 5.56 Å². The summed E-state index contributed by atoms with van der Waals surface area (Å²) in [6.45, 7) is 0. The molecule has 2 nitrogen and oxygen atoms in total. The Morgan fingerprint density at radius 2 is 2.21 bits per heavy atom. The minimum absolute atomic E-state index is 0.365. The van der Waals surface area contributed by atoms with Crippen LogP contribution in [-0.2, 0) is 13.5 Å². The molecule has 0 saturated heterocycles. The highest BCUT2D eigenvalue weighted by atomic mass is 35.5. The SMILES string of the molecule is Cn1ccc2c(Cl)c(CC#N)ccc21. The molecule has 0 aliphatic heterocycles. The summed E-state index contributed by atoms with van der Waals surface area (Å²) in [5, 5.41) is 10.3. The van der Waals surface area contributed by atoms with Gasteiger partial charge in [-0.15, -0.1) is 0 Å². The molecule has 0 aliphatic rings. The number of fused-ring (bicyclic) bond motifs is 1. The van der Waals surface area contributed by atoms with Crippen molar-refractivity contribution in [3.63, 3.8) is 0 Å². The zero-order chi connectivity index (χ0) is 10.1. The Labute approximate surface area is 87.3 Å². The van der Waals surface area contributed by atoms with Crippen molar-refractivity contribution in [2.75, 3.05) is 0 Å². The summed E-state index contributed by atoms with van der Waals surface area (Å²) in [4.78, 5) is 0. The summed E-state index contributed by atoms with van der Waals surface area (Å²) in [6, 6.07) is 7.98. The summed E-state index contributed by atoms with van der Waals surface area (Å²) in [5.74, 6) is 0. The Balaban J connectivity index is 2.71. The molecule has 0 unspecified atom stereocenters. The highest BCUT2D eigenvalue weighted by Crippen LogP contribution is 2.27. The van der Waals surface area contributed by atoms with E-state index in [1.165, 1.54) is 0 Å². The molecule has 1 aromatic heterocycles. The molecule has 2 rings (SSSR count). The zero-order valence-electron chi connectivity index (χ0n) is 7.79. The molecule has 14 heavy (non-hydrogen) atoms. The van der Waals surface area contributed by atoms with Crippen LogP contribution in [0.2, 0.25) is 5.02 Å². The number of aryl methyl sites for hydroxylation is 1. The van der Waals surface area contributed by atoms with Crippen LogP contribution in [0.4, 0.5) is 0 Å². The van der Waals surface area contributed by atoms with Crippen molar-refractivity contribution in [3.8, 4) is 6.07 Å². The van der Waals surface area contributed by atoms with E-state index in [0.29, 0.717) is 11.4 Å². The lowest BCUT2D eigenvalue weighted by Gasteiger charge is -2.02. The van der Waals surface area contributed by atoms with Crippen LogP contribution in [0.3, 0.4) is 0 Å². The van der Waals surface area contributed by atoms with Gasteiger partial charge in [0.15, 0.2) is 0 Å². The number of nitrogens with zero attached hydrogens (tertiary/aromatic N) is 2. The van der Waals surface area contributed by atoms with E-state index >= 15 is 0 Å². The Kier molecular flexibility index (Phi) is 2.18. The molecule has 70 valence electrons. The number of benzene rings is 1. The third-order valence-corrected chi connectivity index (χ3v) is 2.80. The molecule has 2 aromatic rings. The minimum Gasteiger partial charge on any atom is -0.351 e. The smallest absolute Gasteiger partial charge is 0.0670 e. The van der Waals surface area contributed by atoms with Crippen molar-refractivity contribution in [1.29, 1.82) is 5.26 Å². The molecule has 0 spiro atoms. The first kappa shape index (κ1) is 9.11. The third-order valence-electron chi connectivity index (χ3n) is 2.35. The van der Waals surface area contributed by atoms with E-state index in [4.69, 9.17) is 16.9 Å². The van der Waals surface area contributed by atoms with Crippen molar-refractivity contribution in [2.45, 2.75) is 6.42 Å². The van der Waals surface area contributed by atoms with Gasteiger partial charge in [0, 0.05) is 24.1 Å². The molecule has 0 bridgehead atoms. The van der Waals surface area contributed by atoms with Gasteiger partial charge in [0.25, 0.3) is 0 Å². The average Bonchev–Trinajstić information content (AvgIpc) is 2.54. The van der Waals surface area contributed by atoms with E-state index < -0.39 is 0 Å². The lowest BCUT2D eigenvalue weighted by atomic mass is 10.1. The summed E-state index contributed by atoms with van der Waals surface area (Å²) < 4.78 is 2.01. The van der Waals surface area contributed by atoms with Crippen LogP contribution in [-0.4, -0.2) is 4.57 Å². The van der Waals surface area contributed by atoms with E-state index in [-0.39, 0.29) is 0 Å². The van der Waals surface area contributed by atoms with Gasteiger partial charge in [-0.2, -0.15) is 5.26 Å². The van der Waals surface area contributed by atoms with E-state index in [9.17, 15) is 0 Å². The van der Waals surface area contributed by atoms with Gasteiger partial charge in [0.05, 0.1) is 17.5 Å².